The quantitative estimate of drug-likeness (QED) is 0.559. The number of rotatable bonds is 7. The fraction of sp³-hybridized carbons (Fsp3) is 0.273. The summed E-state index contributed by atoms with van der Waals surface area (Å²) in [6.07, 6.45) is 1.70. The molecule has 0 bridgehead atoms. The molecule has 162 valence electrons. The first-order valence-electron chi connectivity index (χ1n) is 9.63. The highest BCUT2D eigenvalue weighted by atomic mass is 35.5. The van der Waals surface area contributed by atoms with Crippen LogP contribution in [0.1, 0.15) is 40.3 Å². The number of halogens is 1. The van der Waals surface area contributed by atoms with E-state index in [2.05, 4.69) is 15.3 Å². The second-order valence-electron chi connectivity index (χ2n) is 6.73. The number of aryl methyl sites for hydroxylation is 1. The Balaban J connectivity index is 2.16. The largest absolute Gasteiger partial charge is 0.489 e. The van der Waals surface area contributed by atoms with Crippen LogP contribution in [0.25, 0.3) is 0 Å². The van der Waals surface area contributed by atoms with Crippen molar-refractivity contribution < 1.29 is 14.3 Å². The number of carbonyl (C=O) groups excluding carboxylic acids is 1. The number of aromatic nitrogens is 3. The number of nitrogens with zero attached hydrogens (tertiary/aromatic N) is 3. The first-order valence-corrected chi connectivity index (χ1v) is 10.0. The highest BCUT2D eigenvalue weighted by Crippen LogP contribution is 2.31. The number of benzene rings is 1. The Kier molecular flexibility index (Phi) is 6.91. The number of ether oxygens (including phenoxy) is 2. The predicted octanol–water partition coefficient (Wildman–Crippen LogP) is 3.52. The number of hydrogen-bond donors (Lipinski definition) is 1. The maximum absolute atomic E-state index is 12.8. The highest BCUT2D eigenvalue weighted by molar-refractivity contribution is 6.31. The summed E-state index contributed by atoms with van der Waals surface area (Å²) in [7, 11) is 2.84. The molecule has 3 aromatic rings. The lowest BCUT2D eigenvalue weighted by Gasteiger charge is -2.23. The molecule has 0 aliphatic carbocycles. The minimum absolute atomic E-state index is 0.139. The summed E-state index contributed by atoms with van der Waals surface area (Å²) in [4.78, 5) is 33.8. The molecule has 8 nitrogen and oxygen atoms in total. The zero-order valence-corrected chi connectivity index (χ0v) is 18.4. The van der Waals surface area contributed by atoms with Crippen LogP contribution in [0.2, 0.25) is 5.02 Å². The maximum atomic E-state index is 12.8. The Morgan fingerprint density at radius 2 is 2.03 bits per heavy atom. The minimum Gasteiger partial charge on any atom is -0.489 e. The zero-order valence-electron chi connectivity index (χ0n) is 17.7. The molecule has 2 aromatic heterocycles. The first-order chi connectivity index (χ1) is 14.9. The Bertz CT molecular complexity index is 1160. The van der Waals surface area contributed by atoms with Crippen LogP contribution in [0.4, 0.5) is 5.95 Å². The van der Waals surface area contributed by atoms with Gasteiger partial charge in [0, 0.05) is 24.0 Å². The van der Waals surface area contributed by atoms with E-state index in [0.717, 1.165) is 16.8 Å². The minimum atomic E-state index is -0.742. The molecule has 9 heteroatoms. The van der Waals surface area contributed by atoms with Crippen LogP contribution >= 0.6 is 11.6 Å². The molecule has 0 aliphatic rings. The van der Waals surface area contributed by atoms with Crippen molar-refractivity contribution in [2.45, 2.75) is 19.9 Å². The molecule has 1 aromatic carbocycles. The van der Waals surface area contributed by atoms with Crippen molar-refractivity contribution in [1.82, 2.24) is 14.5 Å². The van der Waals surface area contributed by atoms with Crippen molar-refractivity contribution in [2.75, 3.05) is 19.0 Å². The normalized spacial score (nSPS) is 11.6. The number of nitrogens with one attached hydrogen (secondary N) is 1. The van der Waals surface area contributed by atoms with E-state index in [-0.39, 0.29) is 24.0 Å². The van der Waals surface area contributed by atoms with Gasteiger partial charge in [-0.3, -0.25) is 14.3 Å². The number of anilines is 1. The van der Waals surface area contributed by atoms with E-state index < -0.39 is 17.6 Å². The van der Waals surface area contributed by atoms with Crippen molar-refractivity contribution in [2.24, 2.45) is 7.05 Å². The molecule has 0 radical (unpaired) electrons. The Labute approximate surface area is 184 Å². The molecule has 3 rings (SSSR count). The molecule has 0 amide bonds. The van der Waals surface area contributed by atoms with Crippen LogP contribution in [-0.4, -0.2) is 34.2 Å². The van der Waals surface area contributed by atoms with Gasteiger partial charge in [0.25, 0.3) is 5.56 Å². The van der Waals surface area contributed by atoms with Crippen LogP contribution in [0.15, 0.2) is 47.4 Å². The van der Waals surface area contributed by atoms with Crippen molar-refractivity contribution >= 4 is 23.5 Å². The lowest BCUT2D eigenvalue weighted by Crippen LogP contribution is -2.28. The maximum Gasteiger partial charge on any atom is 0.361 e. The van der Waals surface area contributed by atoms with Crippen molar-refractivity contribution in [1.29, 1.82) is 0 Å². The summed E-state index contributed by atoms with van der Waals surface area (Å²) in [6, 6.07) is 10.7. The first kappa shape index (κ1) is 22.3. The fourth-order valence-electron chi connectivity index (χ4n) is 3.16. The van der Waals surface area contributed by atoms with E-state index in [4.69, 9.17) is 21.1 Å². The Morgan fingerprint density at radius 3 is 2.68 bits per heavy atom. The average Bonchev–Trinajstić information content (AvgIpc) is 2.75. The Hall–Kier alpha value is -3.39. The van der Waals surface area contributed by atoms with E-state index in [1.807, 2.05) is 37.3 Å². The summed E-state index contributed by atoms with van der Waals surface area (Å²) in [5, 5.41) is 3.79. The monoisotopic (exact) mass is 442 g/mol. The second-order valence-corrected chi connectivity index (χ2v) is 7.14. The second kappa shape index (κ2) is 9.61. The SMILES string of the molecule is CCOC(=O)c1nc(NC(c2ccnc(C)c2)c2ccccc2Cl)n(C)c(=O)c1OC. The van der Waals surface area contributed by atoms with E-state index in [9.17, 15) is 9.59 Å². The smallest absolute Gasteiger partial charge is 0.361 e. The number of pyridine rings is 1. The summed E-state index contributed by atoms with van der Waals surface area (Å²) >= 11 is 6.48. The van der Waals surface area contributed by atoms with Crippen LogP contribution < -0.4 is 15.6 Å². The lowest BCUT2D eigenvalue weighted by molar-refractivity contribution is 0.0514. The molecule has 0 fully saturated rings. The van der Waals surface area contributed by atoms with Gasteiger partial charge < -0.3 is 14.8 Å². The Morgan fingerprint density at radius 1 is 1.29 bits per heavy atom. The van der Waals surface area contributed by atoms with Gasteiger partial charge in [0.1, 0.15) is 0 Å². The molecule has 0 aliphatic heterocycles. The average molecular weight is 443 g/mol. The predicted molar refractivity (Wildman–Crippen MR) is 118 cm³/mol. The molecule has 2 heterocycles. The summed E-state index contributed by atoms with van der Waals surface area (Å²) in [5.41, 5.74) is 1.74. The molecule has 0 saturated carbocycles. The zero-order chi connectivity index (χ0) is 22.5. The van der Waals surface area contributed by atoms with Gasteiger partial charge in [0.15, 0.2) is 5.69 Å². The summed E-state index contributed by atoms with van der Waals surface area (Å²) in [6.45, 7) is 3.69. The van der Waals surface area contributed by atoms with Crippen molar-refractivity contribution in [3.05, 3.63) is 80.5 Å². The summed E-state index contributed by atoms with van der Waals surface area (Å²) < 4.78 is 11.5. The molecule has 0 saturated heterocycles. The molecular formula is C22H23ClN4O4. The van der Waals surface area contributed by atoms with Gasteiger partial charge in [-0.05, 0) is 43.2 Å². The van der Waals surface area contributed by atoms with E-state index in [1.54, 1.807) is 19.2 Å². The number of carbonyl (C=O) groups is 1. The van der Waals surface area contributed by atoms with Gasteiger partial charge in [0.2, 0.25) is 11.7 Å². The molecule has 1 unspecified atom stereocenters. The van der Waals surface area contributed by atoms with Crippen LogP contribution in [-0.2, 0) is 11.8 Å². The standard InChI is InChI=1S/C22H23ClN4O4/c1-5-31-21(29)18-19(30-4)20(28)27(3)22(26-18)25-17(14-10-11-24-13(2)12-14)15-8-6-7-9-16(15)23/h6-12,17H,5H2,1-4H3,(H,25,26). The van der Waals surface area contributed by atoms with Gasteiger partial charge in [-0.1, -0.05) is 29.8 Å². The third-order valence-corrected chi connectivity index (χ3v) is 5.01. The molecule has 31 heavy (non-hydrogen) atoms. The van der Waals surface area contributed by atoms with Crippen LogP contribution in [0.3, 0.4) is 0 Å². The van der Waals surface area contributed by atoms with Gasteiger partial charge in [-0.15, -0.1) is 0 Å². The van der Waals surface area contributed by atoms with Crippen molar-refractivity contribution in [3.8, 4) is 5.75 Å². The van der Waals surface area contributed by atoms with E-state index in [1.165, 1.54) is 18.7 Å². The summed E-state index contributed by atoms with van der Waals surface area (Å²) in [5.74, 6) is -0.761. The molecular weight excluding hydrogens is 420 g/mol. The molecule has 0 spiro atoms. The number of methoxy groups -OCH3 is 1. The van der Waals surface area contributed by atoms with E-state index in [0.29, 0.717) is 5.02 Å². The molecule has 1 atom stereocenters. The van der Waals surface area contributed by atoms with Gasteiger partial charge in [-0.25, -0.2) is 9.78 Å². The highest BCUT2D eigenvalue weighted by Gasteiger charge is 2.25. The van der Waals surface area contributed by atoms with Crippen LogP contribution in [0, 0.1) is 6.92 Å². The van der Waals surface area contributed by atoms with Crippen LogP contribution in [0.5, 0.6) is 5.75 Å². The fourth-order valence-corrected chi connectivity index (χ4v) is 3.40. The van der Waals surface area contributed by atoms with Gasteiger partial charge in [-0.2, -0.15) is 0 Å². The molecule has 1 N–H and O–H groups in total. The third-order valence-electron chi connectivity index (χ3n) is 4.67. The number of esters is 1. The van der Waals surface area contributed by atoms with Crippen molar-refractivity contribution in [3.63, 3.8) is 0 Å². The lowest BCUT2D eigenvalue weighted by atomic mass is 9.99. The third kappa shape index (κ3) is 4.69. The topological polar surface area (TPSA) is 95.3 Å². The van der Waals surface area contributed by atoms with Gasteiger partial charge in [0.05, 0.1) is 19.8 Å². The van der Waals surface area contributed by atoms with Gasteiger partial charge >= 0.3 is 5.97 Å². The van der Waals surface area contributed by atoms with E-state index >= 15 is 0 Å². The number of hydrogen-bond acceptors (Lipinski definition) is 7.